The van der Waals surface area contributed by atoms with Crippen LogP contribution in [0.2, 0.25) is 5.02 Å². The average Bonchev–Trinajstić information content (AvgIpc) is 2.49. The maximum absolute atomic E-state index is 13.1. The first-order chi connectivity index (χ1) is 10.1. The summed E-state index contributed by atoms with van der Waals surface area (Å²) in [6.45, 7) is 0.232. The Kier molecular flexibility index (Phi) is 4.94. The quantitative estimate of drug-likeness (QED) is 0.838. The van der Waals surface area contributed by atoms with Crippen LogP contribution >= 0.6 is 11.6 Å². The Balaban J connectivity index is 2.25. The predicted octanol–water partition coefficient (Wildman–Crippen LogP) is 3.04. The van der Waals surface area contributed by atoms with E-state index in [9.17, 15) is 9.18 Å². The van der Waals surface area contributed by atoms with E-state index in [1.165, 1.54) is 12.1 Å². The smallest absolute Gasteiger partial charge is 0.255 e. The maximum atomic E-state index is 13.1. The van der Waals surface area contributed by atoms with Gasteiger partial charge in [0.15, 0.2) is 0 Å². The molecule has 106 valence electrons. The van der Waals surface area contributed by atoms with Gasteiger partial charge in [0.05, 0.1) is 17.3 Å². The van der Waals surface area contributed by atoms with Crippen molar-refractivity contribution in [2.45, 2.75) is 0 Å². The fourth-order valence-corrected chi connectivity index (χ4v) is 1.86. The molecule has 0 unspecified atom stereocenters. The van der Waals surface area contributed by atoms with Gasteiger partial charge in [0.2, 0.25) is 0 Å². The van der Waals surface area contributed by atoms with Gasteiger partial charge in [-0.3, -0.25) is 4.79 Å². The van der Waals surface area contributed by atoms with Crippen molar-refractivity contribution in [2.24, 2.45) is 5.73 Å². The molecule has 21 heavy (non-hydrogen) atoms. The fourth-order valence-electron chi connectivity index (χ4n) is 1.68. The molecule has 3 nitrogen and oxygen atoms in total. The second-order valence-electron chi connectivity index (χ2n) is 4.13. The summed E-state index contributed by atoms with van der Waals surface area (Å²) in [5.41, 5.74) is 6.82. The summed E-state index contributed by atoms with van der Waals surface area (Å²) in [5, 5.41) is 2.62. The van der Waals surface area contributed by atoms with Crippen molar-refractivity contribution < 1.29 is 9.18 Å². The Labute approximate surface area is 126 Å². The molecule has 2 aromatic carbocycles. The lowest BCUT2D eigenvalue weighted by Crippen LogP contribution is -2.13. The molecule has 0 aromatic heterocycles. The first-order valence-corrected chi connectivity index (χ1v) is 6.54. The molecule has 0 heterocycles. The van der Waals surface area contributed by atoms with Crippen molar-refractivity contribution in [3.8, 4) is 11.8 Å². The predicted molar refractivity (Wildman–Crippen MR) is 81.7 cm³/mol. The van der Waals surface area contributed by atoms with Gasteiger partial charge >= 0.3 is 0 Å². The summed E-state index contributed by atoms with van der Waals surface area (Å²) in [4.78, 5) is 12.1. The van der Waals surface area contributed by atoms with Gasteiger partial charge in [-0.2, -0.15) is 0 Å². The number of carbonyl (C=O) groups is 1. The van der Waals surface area contributed by atoms with Crippen LogP contribution in [0.25, 0.3) is 0 Å². The van der Waals surface area contributed by atoms with Crippen molar-refractivity contribution in [3.05, 3.63) is 64.4 Å². The normalized spacial score (nSPS) is 9.67. The second-order valence-corrected chi connectivity index (χ2v) is 4.54. The Morgan fingerprint density at radius 3 is 2.76 bits per heavy atom. The zero-order valence-electron chi connectivity index (χ0n) is 11.0. The van der Waals surface area contributed by atoms with E-state index in [4.69, 9.17) is 17.3 Å². The van der Waals surface area contributed by atoms with Crippen LogP contribution in [0.4, 0.5) is 10.1 Å². The summed E-state index contributed by atoms with van der Waals surface area (Å²) in [6, 6.07) is 10.9. The first-order valence-electron chi connectivity index (χ1n) is 6.16. The van der Waals surface area contributed by atoms with Gasteiger partial charge in [0.1, 0.15) is 5.82 Å². The van der Waals surface area contributed by atoms with Gasteiger partial charge in [-0.1, -0.05) is 35.6 Å². The van der Waals surface area contributed by atoms with Crippen LogP contribution in [0, 0.1) is 17.7 Å². The minimum Gasteiger partial charge on any atom is -0.321 e. The minimum atomic E-state index is -0.567. The van der Waals surface area contributed by atoms with Gasteiger partial charge < -0.3 is 11.1 Å². The molecule has 0 spiro atoms. The molecule has 2 rings (SSSR count). The molecule has 2 aromatic rings. The van der Waals surface area contributed by atoms with E-state index in [1.54, 1.807) is 18.2 Å². The van der Waals surface area contributed by atoms with Crippen LogP contribution in [0.15, 0.2) is 42.5 Å². The number of para-hydroxylation sites is 1. The van der Waals surface area contributed by atoms with E-state index < -0.39 is 5.82 Å². The van der Waals surface area contributed by atoms with Gasteiger partial charge in [0, 0.05) is 11.1 Å². The van der Waals surface area contributed by atoms with Crippen LogP contribution in [0.3, 0.4) is 0 Å². The third-order valence-corrected chi connectivity index (χ3v) is 2.97. The summed E-state index contributed by atoms with van der Waals surface area (Å²) in [6.07, 6.45) is 0. The van der Waals surface area contributed by atoms with Crippen LogP contribution in [0.5, 0.6) is 0 Å². The van der Waals surface area contributed by atoms with Crippen molar-refractivity contribution in [1.82, 2.24) is 0 Å². The molecule has 0 atom stereocenters. The summed E-state index contributed by atoms with van der Waals surface area (Å²) in [7, 11) is 0. The molecule has 0 bridgehead atoms. The monoisotopic (exact) mass is 302 g/mol. The lowest BCUT2D eigenvalue weighted by Gasteiger charge is -2.08. The number of anilines is 1. The van der Waals surface area contributed by atoms with E-state index in [-0.39, 0.29) is 23.0 Å². The molecule has 0 fully saturated rings. The molecule has 0 radical (unpaired) electrons. The maximum Gasteiger partial charge on any atom is 0.255 e. The summed E-state index contributed by atoms with van der Waals surface area (Å²) >= 11 is 5.67. The third kappa shape index (κ3) is 3.82. The lowest BCUT2D eigenvalue weighted by atomic mass is 10.1. The first kappa shape index (κ1) is 15.0. The van der Waals surface area contributed by atoms with Crippen molar-refractivity contribution in [2.75, 3.05) is 11.9 Å². The number of carbonyl (C=O) groups excluding carboxylic acids is 1. The number of nitrogens with one attached hydrogen (secondary N) is 1. The van der Waals surface area contributed by atoms with Gasteiger partial charge in [-0.15, -0.1) is 0 Å². The molecular weight excluding hydrogens is 291 g/mol. The number of hydrogen-bond donors (Lipinski definition) is 2. The van der Waals surface area contributed by atoms with Crippen molar-refractivity contribution >= 4 is 23.2 Å². The topological polar surface area (TPSA) is 55.1 Å². The standard InChI is InChI=1S/C16H12ClFN2O/c17-13-10-12(7-8-14(13)18)16(21)20-15-6-2-1-4-11(15)5-3-9-19/h1-2,4,6-8,10H,9,19H2,(H,20,21). The molecule has 1 amide bonds. The highest BCUT2D eigenvalue weighted by Crippen LogP contribution is 2.19. The molecule has 3 N–H and O–H groups in total. The zero-order valence-corrected chi connectivity index (χ0v) is 11.7. The molecule has 0 aliphatic rings. The van der Waals surface area contributed by atoms with E-state index >= 15 is 0 Å². The Morgan fingerprint density at radius 1 is 1.29 bits per heavy atom. The second kappa shape index (κ2) is 6.89. The van der Waals surface area contributed by atoms with Crippen molar-refractivity contribution in [1.29, 1.82) is 0 Å². The number of amides is 1. The number of benzene rings is 2. The highest BCUT2D eigenvalue weighted by Gasteiger charge is 2.10. The number of hydrogen-bond acceptors (Lipinski definition) is 2. The number of rotatable bonds is 2. The van der Waals surface area contributed by atoms with E-state index in [0.29, 0.717) is 11.3 Å². The molecule has 0 saturated heterocycles. The number of nitrogens with two attached hydrogens (primary N) is 1. The zero-order chi connectivity index (χ0) is 15.2. The summed E-state index contributed by atoms with van der Waals surface area (Å²) in [5.74, 6) is 4.65. The lowest BCUT2D eigenvalue weighted by molar-refractivity contribution is 0.102. The van der Waals surface area contributed by atoms with Crippen LogP contribution in [0.1, 0.15) is 15.9 Å². The van der Waals surface area contributed by atoms with Gasteiger partial charge in [-0.25, -0.2) is 4.39 Å². The van der Waals surface area contributed by atoms with Crippen LogP contribution in [-0.4, -0.2) is 12.5 Å². The Hall–Kier alpha value is -2.35. The minimum absolute atomic E-state index is 0.0983. The Morgan fingerprint density at radius 2 is 2.05 bits per heavy atom. The fraction of sp³-hybridized carbons (Fsp3) is 0.0625. The van der Waals surface area contributed by atoms with Crippen LogP contribution in [-0.2, 0) is 0 Å². The molecule has 0 saturated carbocycles. The molecule has 0 aliphatic carbocycles. The van der Waals surface area contributed by atoms with E-state index in [1.807, 2.05) is 6.07 Å². The van der Waals surface area contributed by atoms with Crippen molar-refractivity contribution in [3.63, 3.8) is 0 Å². The average molecular weight is 303 g/mol. The van der Waals surface area contributed by atoms with E-state index in [2.05, 4.69) is 17.2 Å². The largest absolute Gasteiger partial charge is 0.321 e. The van der Waals surface area contributed by atoms with Gasteiger partial charge in [-0.05, 0) is 30.3 Å². The molecule has 5 heteroatoms. The van der Waals surface area contributed by atoms with Crippen LogP contribution < -0.4 is 11.1 Å². The van der Waals surface area contributed by atoms with Gasteiger partial charge in [0.25, 0.3) is 5.91 Å². The summed E-state index contributed by atoms with van der Waals surface area (Å²) < 4.78 is 13.1. The highest BCUT2D eigenvalue weighted by atomic mass is 35.5. The third-order valence-electron chi connectivity index (χ3n) is 2.68. The number of halogens is 2. The molecular formula is C16H12ClFN2O. The Bertz CT molecular complexity index is 735. The van der Waals surface area contributed by atoms with E-state index in [0.717, 1.165) is 6.07 Å². The molecule has 0 aliphatic heterocycles. The highest BCUT2D eigenvalue weighted by molar-refractivity contribution is 6.31. The SMILES string of the molecule is NCC#Cc1ccccc1NC(=O)c1ccc(F)c(Cl)c1.